The summed E-state index contributed by atoms with van der Waals surface area (Å²) in [6.45, 7) is 3.49. The lowest BCUT2D eigenvalue weighted by atomic mass is 10.0. The first-order valence-electron chi connectivity index (χ1n) is 5.37. The molecule has 0 aliphatic rings. The number of carboxylic acid groups (broad SMARTS) is 1. The van der Waals surface area contributed by atoms with E-state index in [0.717, 1.165) is 0 Å². The van der Waals surface area contributed by atoms with Gasteiger partial charge in [0, 0.05) is 12.8 Å². The van der Waals surface area contributed by atoms with Crippen molar-refractivity contribution >= 4 is 11.9 Å². The van der Waals surface area contributed by atoms with Gasteiger partial charge in [0.1, 0.15) is 18.2 Å². The third kappa shape index (κ3) is 4.21. The Labute approximate surface area is 98.6 Å². The van der Waals surface area contributed by atoms with Crippen molar-refractivity contribution in [2.75, 3.05) is 0 Å². The van der Waals surface area contributed by atoms with Crippen molar-refractivity contribution in [2.45, 2.75) is 32.7 Å². The van der Waals surface area contributed by atoms with E-state index >= 15 is 0 Å². The van der Waals surface area contributed by atoms with Gasteiger partial charge < -0.3 is 10.4 Å². The molecular weight excluding hydrogens is 224 g/mol. The highest BCUT2D eigenvalue weighted by molar-refractivity contribution is 5.83. The highest BCUT2D eigenvalue weighted by atomic mass is 16.4. The molecule has 0 bridgehead atoms. The quantitative estimate of drug-likeness (QED) is 0.646. The largest absolute Gasteiger partial charge is 0.480 e. The van der Waals surface area contributed by atoms with Crippen molar-refractivity contribution in [1.82, 2.24) is 20.5 Å². The van der Waals surface area contributed by atoms with E-state index in [1.54, 1.807) is 13.8 Å². The summed E-state index contributed by atoms with van der Waals surface area (Å²) >= 11 is 0. The minimum atomic E-state index is -1.02. The molecular formula is C10H16N4O3. The first-order valence-corrected chi connectivity index (χ1v) is 5.37. The van der Waals surface area contributed by atoms with Crippen LogP contribution < -0.4 is 5.32 Å². The number of aromatic nitrogens is 3. The molecule has 0 fully saturated rings. The fraction of sp³-hybridized carbons (Fsp3) is 0.600. The zero-order valence-corrected chi connectivity index (χ0v) is 9.80. The van der Waals surface area contributed by atoms with Crippen LogP contribution in [0, 0.1) is 5.92 Å². The van der Waals surface area contributed by atoms with E-state index in [9.17, 15) is 9.59 Å². The fourth-order valence-corrected chi connectivity index (χ4v) is 1.34. The van der Waals surface area contributed by atoms with Gasteiger partial charge in [-0.1, -0.05) is 13.8 Å². The number of hydrogen-bond acceptors (Lipinski definition) is 4. The van der Waals surface area contributed by atoms with E-state index in [1.807, 2.05) is 0 Å². The van der Waals surface area contributed by atoms with Gasteiger partial charge in [0.15, 0.2) is 0 Å². The number of aromatic amines is 1. The van der Waals surface area contributed by atoms with Crippen molar-refractivity contribution in [3.63, 3.8) is 0 Å². The van der Waals surface area contributed by atoms with Gasteiger partial charge in [-0.05, 0) is 5.92 Å². The van der Waals surface area contributed by atoms with Crippen LogP contribution >= 0.6 is 0 Å². The third-order valence-electron chi connectivity index (χ3n) is 2.30. The van der Waals surface area contributed by atoms with Gasteiger partial charge in [-0.25, -0.2) is 9.78 Å². The molecule has 0 unspecified atom stereocenters. The molecule has 1 heterocycles. The van der Waals surface area contributed by atoms with Gasteiger partial charge in [0.2, 0.25) is 5.91 Å². The highest BCUT2D eigenvalue weighted by Gasteiger charge is 2.23. The predicted molar refractivity (Wildman–Crippen MR) is 59.1 cm³/mol. The number of hydrogen-bond donors (Lipinski definition) is 3. The molecule has 1 aromatic rings. The van der Waals surface area contributed by atoms with E-state index in [4.69, 9.17) is 5.11 Å². The van der Waals surface area contributed by atoms with Gasteiger partial charge in [0.05, 0.1) is 0 Å². The first kappa shape index (κ1) is 13.1. The maximum atomic E-state index is 11.5. The molecule has 94 valence electrons. The Morgan fingerprint density at radius 1 is 1.53 bits per heavy atom. The number of carbonyl (C=O) groups excluding carboxylic acids is 1. The van der Waals surface area contributed by atoms with Crippen molar-refractivity contribution in [3.8, 4) is 0 Å². The van der Waals surface area contributed by atoms with Gasteiger partial charge in [-0.3, -0.25) is 9.89 Å². The van der Waals surface area contributed by atoms with Crippen LogP contribution in [0.5, 0.6) is 0 Å². The Hall–Kier alpha value is -1.92. The molecule has 1 atom stereocenters. The summed E-state index contributed by atoms with van der Waals surface area (Å²) in [6, 6.07) is -0.850. The van der Waals surface area contributed by atoms with Crippen molar-refractivity contribution < 1.29 is 14.7 Å². The molecule has 0 radical (unpaired) electrons. The molecule has 1 rings (SSSR count). The van der Waals surface area contributed by atoms with Gasteiger partial charge in [-0.2, -0.15) is 5.10 Å². The minimum absolute atomic E-state index is 0.151. The summed E-state index contributed by atoms with van der Waals surface area (Å²) < 4.78 is 0. The number of aliphatic carboxylic acids is 1. The first-order chi connectivity index (χ1) is 8.00. The summed E-state index contributed by atoms with van der Waals surface area (Å²) in [6.07, 6.45) is 1.96. The molecule has 3 N–H and O–H groups in total. The Balaban J connectivity index is 2.40. The van der Waals surface area contributed by atoms with Crippen LogP contribution in [-0.4, -0.2) is 38.2 Å². The number of carboxylic acids is 1. The number of amides is 1. The predicted octanol–water partition coefficient (Wildman–Crippen LogP) is -0.0373. The van der Waals surface area contributed by atoms with E-state index in [2.05, 4.69) is 20.5 Å². The normalized spacial score (nSPS) is 12.4. The summed E-state index contributed by atoms with van der Waals surface area (Å²) in [7, 11) is 0. The monoisotopic (exact) mass is 240 g/mol. The van der Waals surface area contributed by atoms with Crippen LogP contribution in [0.1, 0.15) is 26.1 Å². The lowest BCUT2D eigenvalue weighted by molar-refractivity contribution is -0.143. The third-order valence-corrected chi connectivity index (χ3v) is 2.30. The number of carbonyl (C=O) groups is 2. The molecule has 1 aromatic heterocycles. The standard InChI is InChI=1S/C10H16N4O3/c1-6(2)9(10(16)17)13-8(15)4-3-7-11-5-12-14-7/h5-6,9H,3-4H2,1-2H3,(H,13,15)(H,16,17)(H,11,12,14)/t9-/m0/s1. The molecule has 7 nitrogen and oxygen atoms in total. The fourth-order valence-electron chi connectivity index (χ4n) is 1.34. The molecule has 17 heavy (non-hydrogen) atoms. The molecule has 0 aliphatic heterocycles. The van der Waals surface area contributed by atoms with Gasteiger partial charge in [0.25, 0.3) is 0 Å². The van der Waals surface area contributed by atoms with E-state index in [0.29, 0.717) is 12.2 Å². The molecule has 1 amide bonds. The zero-order valence-electron chi connectivity index (χ0n) is 9.80. The Morgan fingerprint density at radius 2 is 2.24 bits per heavy atom. The second-order valence-electron chi connectivity index (χ2n) is 4.06. The SMILES string of the molecule is CC(C)[C@H](NC(=O)CCc1ncn[nH]1)C(=O)O. The number of aryl methyl sites for hydroxylation is 1. The van der Waals surface area contributed by atoms with E-state index in [1.165, 1.54) is 6.33 Å². The summed E-state index contributed by atoms with van der Waals surface area (Å²) in [5, 5.41) is 17.7. The average Bonchev–Trinajstić information content (AvgIpc) is 2.74. The zero-order chi connectivity index (χ0) is 12.8. The van der Waals surface area contributed by atoms with Crippen molar-refractivity contribution in [1.29, 1.82) is 0 Å². The summed E-state index contributed by atoms with van der Waals surface area (Å²) in [5.74, 6) is -0.867. The summed E-state index contributed by atoms with van der Waals surface area (Å²) in [5.41, 5.74) is 0. The molecule has 0 saturated carbocycles. The van der Waals surface area contributed by atoms with Crippen molar-refractivity contribution in [3.05, 3.63) is 12.2 Å². The molecule has 0 aromatic carbocycles. The maximum Gasteiger partial charge on any atom is 0.326 e. The van der Waals surface area contributed by atoms with Crippen molar-refractivity contribution in [2.24, 2.45) is 5.92 Å². The topological polar surface area (TPSA) is 108 Å². The van der Waals surface area contributed by atoms with Crippen LogP contribution in [0.25, 0.3) is 0 Å². The Kier molecular flexibility index (Phi) is 4.62. The number of nitrogens with one attached hydrogen (secondary N) is 2. The molecule has 0 saturated heterocycles. The summed E-state index contributed by atoms with van der Waals surface area (Å²) in [4.78, 5) is 26.3. The second kappa shape index (κ2) is 5.97. The average molecular weight is 240 g/mol. The van der Waals surface area contributed by atoms with E-state index < -0.39 is 12.0 Å². The molecule has 0 spiro atoms. The highest BCUT2D eigenvalue weighted by Crippen LogP contribution is 2.02. The molecule has 0 aliphatic carbocycles. The maximum absolute atomic E-state index is 11.5. The van der Waals surface area contributed by atoms with Gasteiger partial charge >= 0.3 is 5.97 Å². The lowest BCUT2D eigenvalue weighted by Crippen LogP contribution is -2.44. The van der Waals surface area contributed by atoms with Gasteiger partial charge in [-0.15, -0.1) is 0 Å². The van der Waals surface area contributed by atoms with Crippen LogP contribution in [0.3, 0.4) is 0 Å². The number of rotatable bonds is 6. The van der Waals surface area contributed by atoms with E-state index in [-0.39, 0.29) is 18.2 Å². The Bertz CT molecular complexity index is 375. The smallest absolute Gasteiger partial charge is 0.326 e. The minimum Gasteiger partial charge on any atom is -0.480 e. The number of H-pyrrole nitrogens is 1. The molecule has 7 heteroatoms. The number of nitrogens with zero attached hydrogens (tertiary/aromatic N) is 2. The van der Waals surface area contributed by atoms with Crippen LogP contribution in [0.15, 0.2) is 6.33 Å². The van der Waals surface area contributed by atoms with Crippen LogP contribution in [0.2, 0.25) is 0 Å². The van der Waals surface area contributed by atoms with Crippen LogP contribution in [0.4, 0.5) is 0 Å². The lowest BCUT2D eigenvalue weighted by Gasteiger charge is -2.17. The second-order valence-corrected chi connectivity index (χ2v) is 4.06. The Morgan fingerprint density at radius 3 is 2.71 bits per heavy atom. The van der Waals surface area contributed by atoms with Crippen LogP contribution in [-0.2, 0) is 16.0 Å².